The van der Waals surface area contributed by atoms with Gasteiger partial charge in [-0.15, -0.1) is 0 Å². The molecule has 1 saturated carbocycles. The van der Waals surface area contributed by atoms with E-state index in [0.717, 1.165) is 12.8 Å². The van der Waals surface area contributed by atoms with E-state index in [9.17, 15) is 14.4 Å². The van der Waals surface area contributed by atoms with Gasteiger partial charge in [0.1, 0.15) is 5.75 Å². The molecule has 7 heteroatoms. The van der Waals surface area contributed by atoms with Gasteiger partial charge in [-0.05, 0) is 37.1 Å². The molecule has 3 amide bonds. The van der Waals surface area contributed by atoms with Crippen LogP contribution in [0.5, 0.6) is 5.75 Å². The monoisotopic (exact) mass is 278 g/mol. The molecule has 1 aliphatic carbocycles. The van der Waals surface area contributed by atoms with Gasteiger partial charge in [0.2, 0.25) is 0 Å². The van der Waals surface area contributed by atoms with Crippen LogP contribution in [0.2, 0.25) is 0 Å². The molecule has 0 unspecified atom stereocenters. The summed E-state index contributed by atoms with van der Waals surface area (Å²) in [5.74, 6) is -1.25. The summed E-state index contributed by atoms with van der Waals surface area (Å²) >= 11 is 0. The lowest BCUT2D eigenvalue weighted by atomic mass is 10.2. The van der Waals surface area contributed by atoms with Gasteiger partial charge >= 0.3 is 12.0 Å². The first-order chi connectivity index (χ1) is 9.54. The number of ether oxygens (including phenoxy) is 1. The van der Waals surface area contributed by atoms with E-state index in [1.807, 2.05) is 0 Å². The first kappa shape index (κ1) is 13.9. The van der Waals surface area contributed by atoms with Crippen molar-refractivity contribution in [1.82, 2.24) is 10.6 Å². The Bertz CT molecular complexity index is 522. The smallest absolute Gasteiger partial charge is 0.335 e. The number of imide groups is 1. The zero-order chi connectivity index (χ0) is 14.5. The zero-order valence-electron chi connectivity index (χ0n) is 10.6. The van der Waals surface area contributed by atoms with Crippen molar-refractivity contribution in [1.29, 1.82) is 0 Å². The summed E-state index contributed by atoms with van der Waals surface area (Å²) in [6.45, 7) is -0.315. The molecule has 0 saturated heterocycles. The molecule has 0 bridgehead atoms. The lowest BCUT2D eigenvalue weighted by Crippen LogP contribution is -2.42. The topological polar surface area (TPSA) is 105 Å². The Hall–Kier alpha value is -2.57. The minimum absolute atomic E-state index is 0.130. The van der Waals surface area contributed by atoms with Gasteiger partial charge in [0.05, 0.1) is 5.56 Å². The molecule has 0 atom stereocenters. The minimum atomic E-state index is -1.04. The minimum Gasteiger partial charge on any atom is -0.484 e. The predicted octanol–water partition coefficient (Wildman–Crippen LogP) is 0.752. The molecule has 0 aliphatic heterocycles. The second kappa shape index (κ2) is 6.05. The van der Waals surface area contributed by atoms with E-state index in [-0.39, 0.29) is 18.2 Å². The van der Waals surface area contributed by atoms with E-state index in [0.29, 0.717) is 5.75 Å². The van der Waals surface area contributed by atoms with Crippen LogP contribution in [0.4, 0.5) is 4.79 Å². The number of rotatable bonds is 5. The molecule has 0 aromatic heterocycles. The van der Waals surface area contributed by atoms with Crippen LogP contribution in [-0.2, 0) is 4.79 Å². The highest BCUT2D eigenvalue weighted by Gasteiger charge is 2.23. The average molecular weight is 278 g/mol. The number of carboxylic acid groups (broad SMARTS) is 1. The number of urea groups is 1. The summed E-state index contributed by atoms with van der Waals surface area (Å²) in [5, 5.41) is 13.5. The van der Waals surface area contributed by atoms with Crippen LogP contribution in [-0.4, -0.2) is 35.7 Å². The average Bonchev–Trinajstić information content (AvgIpc) is 3.20. The summed E-state index contributed by atoms with van der Waals surface area (Å²) in [7, 11) is 0. The second-order valence-corrected chi connectivity index (χ2v) is 4.41. The highest BCUT2D eigenvalue weighted by Crippen LogP contribution is 2.18. The molecule has 1 fully saturated rings. The first-order valence-corrected chi connectivity index (χ1v) is 6.11. The van der Waals surface area contributed by atoms with Crippen LogP contribution in [0.25, 0.3) is 0 Å². The van der Waals surface area contributed by atoms with Crippen LogP contribution in [0, 0.1) is 0 Å². The molecule has 3 N–H and O–H groups in total. The largest absolute Gasteiger partial charge is 0.484 e. The maximum atomic E-state index is 11.4. The van der Waals surface area contributed by atoms with Gasteiger partial charge in [-0.1, -0.05) is 0 Å². The molecular weight excluding hydrogens is 264 g/mol. The van der Waals surface area contributed by atoms with Gasteiger partial charge in [0.25, 0.3) is 5.91 Å². The Balaban J connectivity index is 1.74. The fourth-order valence-electron chi connectivity index (χ4n) is 1.45. The van der Waals surface area contributed by atoms with Crippen LogP contribution >= 0.6 is 0 Å². The Morgan fingerprint density at radius 3 is 2.40 bits per heavy atom. The third kappa shape index (κ3) is 4.27. The van der Waals surface area contributed by atoms with Crippen molar-refractivity contribution in [3.05, 3.63) is 29.8 Å². The van der Waals surface area contributed by atoms with Gasteiger partial charge in [-0.2, -0.15) is 0 Å². The molecule has 0 heterocycles. The van der Waals surface area contributed by atoms with Crippen molar-refractivity contribution < 1.29 is 24.2 Å². The van der Waals surface area contributed by atoms with Crippen LogP contribution in [0.1, 0.15) is 23.2 Å². The normalized spacial score (nSPS) is 13.4. The van der Waals surface area contributed by atoms with E-state index < -0.39 is 17.9 Å². The van der Waals surface area contributed by atoms with Crippen molar-refractivity contribution in [2.45, 2.75) is 18.9 Å². The molecule has 2 rings (SSSR count). The lowest BCUT2D eigenvalue weighted by Gasteiger charge is -2.07. The number of hydrogen-bond acceptors (Lipinski definition) is 4. The van der Waals surface area contributed by atoms with Crippen LogP contribution in [0.15, 0.2) is 24.3 Å². The summed E-state index contributed by atoms with van der Waals surface area (Å²) in [5.41, 5.74) is 0.130. The molecule has 0 radical (unpaired) electrons. The number of carbonyl (C=O) groups excluding carboxylic acids is 2. The molecule has 7 nitrogen and oxygen atoms in total. The fourth-order valence-corrected chi connectivity index (χ4v) is 1.45. The van der Waals surface area contributed by atoms with E-state index in [1.54, 1.807) is 0 Å². The molecule has 0 spiro atoms. The zero-order valence-corrected chi connectivity index (χ0v) is 10.6. The van der Waals surface area contributed by atoms with Crippen molar-refractivity contribution in [2.75, 3.05) is 6.61 Å². The van der Waals surface area contributed by atoms with E-state index in [2.05, 4.69) is 10.6 Å². The summed E-state index contributed by atoms with van der Waals surface area (Å²) < 4.78 is 5.14. The third-order valence-electron chi connectivity index (χ3n) is 2.64. The number of carboxylic acids is 1. The van der Waals surface area contributed by atoms with Crippen molar-refractivity contribution in [3.8, 4) is 5.75 Å². The number of aromatic carboxylic acids is 1. The Labute approximate surface area is 114 Å². The van der Waals surface area contributed by atoms with Crippen molar-refractivity contribution in [2.24, 2.45) is 0 Å². The molecule has 106 valence electrons. The van der Waals surface area contributed by atoms with Crippen molar-refractivity contribution >= 4 is 17.9 Å². The van der Waals surface area contributed by atoms with Crippen LogP contribution < -0.4 is 15.4 Å². The summed E-state index contributed by atoms with van der Waals surface area (Å²) in [6, 6.07) is 5.28. The highest BCUT2D eigenvalue weighted by atomic mass is 16.5. The standard InChI is InChI=1S/C13H14N2O5/c16-11(15-13(19)14-9-3-4-9)7-20-10-5-1-8(2-6-10)12(17)18/h1-2,5-6,9H,3-4,7H2,(H,17,18)(H2,14,15,16,19). The Kier molecular flexibility index (Phi) is 4.19. The molecule has 1 aromatic carbocycles. The van der Waals surface area contributed by atoms with Gasteiger partial charge in [0, 0.05) is 6.04 Å². The Morgan fingerprint density at radius 2 is 1.85 bits per heavy atom. The fraction of sp³-hybridized carbons (Fsp3) is 0.308. The highest BCUT2D eigenvalue weighted by molar-refractivity contribution is 5.95. The molecule has 1 aliphatic rings. The maximum Gasteiger partial charge on any atom is 0.335 e. The quantitative estimate of drug-likeness (QED) is 0.737. The number of amides is 3. The molecule has 20 heavy (non-hydrogen) atoms. The SMILES string of the molecule is O=C(COc1ccc(C(=O)O)cc1)NC(=O)NC1CC1. The lowest BCUT2D eigenvalue weighted by molar-refractivity contribution is -0.122. The molecular formula is C13H14N2O5. The van der Waals surface area contributed by atoms with Gasteiger partial charge in [0.15, 0.2) is 6.61 Å². The number of nitrogens with one attached hydrogen (secondary N) is 2. The van der Waals surface area contributed by atoms with E-state index in [4.69, 9.17) is 9.84 Å². The second-order valence-electron chi connectivity index (χ2n) is 4.41. The van der Waals surface area contributed by atoms with Crippen molar-refractivity contribution in [3.63, 3.8) is 0 Å². The number of benzene rings is 1. The van der Waals surface area contributed by atoms with Gasteiger partial charge in [-0.3, -0.25) is 10.1 Å². The van der Waals surface area contributed by atoms with E-state index >= 15 is 0 Å². The number of hydrogen-bond donors (Lipinski definition) is 3. The van der Waals surface area contributed by atoms with Gasteiger partial charge < -0.3 is 15.2 Å². The van der Waals surface area contributed by atoms with Crippen LogP contribution in [0.3, 0.4) is 0 Å². The summed E-state index contributed by atoms with van der Waals surface area (Å²) in [4.78, 5) is 33.3. The Morgan fingerprint density at radius 1 is 1.20 bits per heavy atom. The van der Waals surface area contributed by atoms with Gasteiger partial charge in [-0.25, -0.2) is 9.59 Å². The molecule has 1 aromatic rings. The first-order valence-electron chi connectivity index (χ1n) is 6.11. The maximum absolute atomic E-state index is 11.4. The number of carbonyl (C=O) groups is 3. The predicted molar refractivity (Wildman–Crippen MR) is 68.6 cm³/mol. The van der Waals surface area contributed by atoms with E-state index in [1.165, 1.54) is 24.3 Å². The third-order valence-corrected chi connectivity index (χ3v) is 2.64. The summed E-state index contributed by atoms with van der Waals surface area (Å²) in [6.07, 6.45) is 1.88.